The van der Waals surface area contributed by atoms with Crippen LogP contribution in [0.1, 0.15) is 12.0 Å². The topological polar surface area (TPSA) is 63.5 Å². The molecule has 168 valence electrons. The fraction of sp³-hybridized carbons (Fsp3) is 0.348. The van der Waals surface area contributed by atoms with E-state index in [-0.39, 0.29) is 5.91 Å². The van der Waals surface area contributed by atoms with Crippen molar-refractivity contribution < 1.29 is 9.53 Å². The first-order valence-electron chi connectivity index (χ1n) is 10.5. The van der Waals surface area contributed by atoms with Gasteiger partial charge in [0.25, 0.3) is 0 Å². The van der Waals surface area contributed by atoms with E-state index in [1.165, 1.54) is 11.8 Å². The van der Waals surface area contributed by atoms with Crippen LogP contribution in [0, 0.1) is 6.92 Å². The number of carbonyl (C=O) groups excluding carboxylic acids is 1. The third-order valence-electron chi connectivity index (χ3n) is 5.56. The molecule has 0 N–H and O–H groups in total. The number of ether oxygens (including phenoxy) is 1. The van der Waals surface area contributed by atoms with E-state index >= 15 is 0 Å². The maximum Gasteiger partial charge on any atom is 0.233 e. The molecule has 0 saturated carbocycles. The van der Waals surface area contributed by atoms with E-state index in [4.69, 9.17) is 16.3 Å². The molecule has 4 rings (SSSR count). The van der Waals surface area contributed by atoms with Gasteiger partial charge in [0.2, 0.25) is 5.91 Å². The second-order valence-corrected chi connectivity index (χ2v) is 8.97. The van der Waals surface area contributed by atoms with Gasteiger partial charge < -0.3 is 14.5 Å². The number of rotatable bonds is 6. The lowest BCUT2D eigenvalue weighted by Gasteiger charge is -2.24. The van der Waals surface area contributed by atoms with Crippen molar-refractivity contribution in [2.24, 2.45) is 0 Å². The summed E-state index contributed by atoms with van der Waals surface area (Å²) in [6.07, 6.45) is 2.58. The first kappa shape index (κ1) is 22.5. The van der Waals surface area contributed by atoms with Gasteiger partial charge in [-0.1, -0.05) is 29.4 Å². The fourth-order valence-electron chi connectivity index (χ4n) is 3.67. The number of methoxy groups -OCH3 is 1. The van der Waals surface area contributed by atoms with Crippen LogP contribution in [0.5, 0.6) is 5.75 Å². The van der Waals surface area contributed by atoms with Crippen molar-refractivity contribution in [2.45, 2.75) is 18.5 Å². The molecular formula is C23H26ClN5O2S. The molecule has 0 radical (unpaired) electrons. The smallest absolute Gasteiger partial charge is 0.233 e. The average molecular weight is 472 g/mol. The molecule has 32 heavy (non-hydrogen) atoms. The molecule has 2 heterocycles. The van der Waals surface area contributed by atoms with Gasteiger partial charge in [-0.05, 0) is 55.3 Å². The van der Waals surface area contributed by atoms with Crippen molar-refractivity contribution in [3.05, 3.63) is 59.4 Å². The monoisotopic (exact) mass is 471 g/mol. The lowest BCUT2D eigenvalue weighted by molar-refractivity contribution is -0.128. The lowest BCUT2D eigenvalue weighted by Crippen LogP contribution is -2.36. The van der Waals surface area contributed by atoms with Crippen molar-refractivity contribution in [3.63, 3.8) is 0 Å². The molecule has 0 unspecified atom stereocenters. The third-order valence-corrected chi connectivity index (χ3v) is 6.90. The van der Waals surface area contributed by atoms with Crippen LogP contribution < -0.4 is 9.64 Å². The predicted molar refractivity (Wildman–Crippen MR) is 128 cm³/mol. The van der Waals surface area contributed by atoms with Crippen LogP contribution in [0.15, 0.2) is 53.9 Å². The SMILES string of the molecule is COc1ccc(N2CCCN(C(=O)CSc3nncn3-c3ccc(C)c(Cl)c3)CC2)cc1. The predicted octanol–water partition coefficient (Wildman–Crippen LogP) is 4.07. The number of nitrogens with zero attached hydrogens (tertiary/aromatic N) is 5. The van der Waals surface area contributed by atoms with Crippen molar-refractivity contribution in [3.8, 4) is 11.4 Å². The molecular weight excluding hydrogens is 446 g/mol. The van der Waals surface area contributed by atoms with Crippen LogP contribution in [0.2, 0.25) is 5.02 Å². The molecule has 0 spiro atoms. The Hall–Kier alpha value is -2.71. The van der Waals surface area contributed by atoms with Crippen LogP contribution >= 0.6 is 23.4 Å². The minimum atomic E-state index is 0.114. The Morgan fingerprint density at radius 1 is 1.09 bits per heavy atom. The number of anilines is 1. The summed E-state index contributed by atoms with van der Waals surface area (Å²) in [7, 11) is 1.67. The summed E-state index contributed by atoms with van der Waals surface area (Å²) >= 11 is 7.66. The summed E-state index contributed by atoms with van der Waals surface area (Å²) in [6, 6.07) is 13.9. The highest BCUT2D eigenvalue weighted by Crippen LogP contribution is 2.25. The Kier molecular flexibility index (Phi) is 7.22. The molecule has 0 atom stereocenters. The van der Waals surface area contributed by atoms with Crippen molar-refractivity contribution in [1.82, 2.24) is 19.7 Å². The van der Waals surface area contributed by atoms with Crippen LogP contribution in [-0.4, -0.2) is 64.6 Å². The van der Waals surface area contributed by atoms with E-state index in [1.807, 2.05) is 46.7 Å². The number of halogens is 1. The van der Waals surface area contributed by atoms with Crippen molar-refractivity contribution in [1.29, 1.82) is 0 Å². The molecule has 0 bridgehead atoms. The van der Waals surface area contributed by atoms with E-state index in [0.29, 0.717) is 22.5 Å². The van der Waals surface area contributed by atoms with Crippen LogP contribution in [0.25, 0.3) is 5.69 Å². The van der Waals surface area contributed by atoms with Gasteiger partial charge >= 0.3 is 0 Å². The number of aromatic nitrogens is 3. The summed E-state index contributed by atoms with van der Waals surface area (Å²) in [5, 5.41) is 9.57. The molecule has 1 aromatic heterocycles. The Morgan fingerprint density at radius 3 is 2.62 bits per heavy atom. The zero-order valence-corrected chi connectivity index (χ0v) is 19.8. The first-order chi connectivity index (χ1) is 15.5. The number of thioether (sulfide) groups is 1. The van der Waals surface area contributed by atoms with Crippen LogP contribution in [-0.2, 0) is 4.79 Å². The maximum atomic E-state index is 12.9. The van der Waals surface area contributed by atoms with Gasteiger partial charge in [0.15, 0.2) is 5.16 Å². The highest BCUT2D eigenvalue weighted by atomic mass is 35.5. The number of carbonyl (C=O) groups is 1. The van der Waals surface area contributed by atoms with Gasteiger partial charge in [0.05, 0.1) is 18.6 Å². The number of aryl methyl sites for hydroxylation is 1. The number of amides is 1. The summed E-state index contributed by atoms with van der Waals surface area (Å²) < 4.78 is 7.10. The normalized spacial score (nSPS) is 14.3. The van der Waals surface area contributed by atoms with Gasteiger partial charge in [-0.15, -0.1) is 10.2 Å². The van der Waals surface area contributed by atoms with E-state index < -0.39 is 0 Å². The molecule has 1 saturated heterocycles. The highest BCUT2D eigenvalue weighted by molar-refractivity contribution is 7.99. The molecule has 7 nitrogen and oxygen atoms in total. The Bertz CT molecular complexity index is 1070. The second-order valence-electron chi connectivity index (χ2n) is 7.63. The zero-order chi connectivity index (χ0) is 22.5. The number of hydrogen-bond donors (Lipinski definition) is 0. The van der Waals surface area contributed by atoms with E-state index in [0.717, 1.165) is 48.7 Å². The third kappa shape index (κ3) is 5.19. The molecule has 3 aromatic rings. The lowest BCUT2D eigenvalue weighted by atomic mass is 10.2. The molecule has 9 heteroatoms. The summed E-state index contributed by atoms with van der Waals surface area (Å²) in [4.78, 5) is 17.2. The minimum absolute atomic E-state index is 0.114. The Labute approximate surface area is 197 Å². The fourth-order valence-corrected chi connectivity index (χ4v) is 4.67. The van der Waals surface area contributed by atoms with Crippen molar-refractivity contribution in [2.75, 3.05) is 43.9 Å². The van der Waals surface area contributed by atoms with E-state index in [2.05, 4.69) is 27.2 Å². The molecule has 1 aliphatic heterocycles. The van der Waals surface area contributed by atoms with Crippen molar-refractivity contribution >= 4 is 35.0 Å². The highest BCUT2D eigenvalue weighted by Gasteiger charge is 2.20. The summed E-state index contributed by atoms with van der Waals surface area (Å²) in [6.45, 7) is 5.15. The minimum Gasteiger partial charge on any atom is -0.497 e. The van der Waals surface area contributed by atoms with Crippen LogP contribution in [0.3, 0.4) is 0 Å². The zero-order valence-electron chi connectivity index (χ0n) is 18.2. The number of hydrogen-bond acceptors (Lipinski definition) is 6. The molecule has 1 fully saturated rings. The van der Waals surface area contributed by atoms with Crippen LogP contribution in [0.4, 0.5) is 5.69 Å². The molecule has 0 aliphatic carbocycles. The molecule has 1 aliphatic rings. The molecule has 2 aromatic carbocycles. The van der Waals surface area contributed by atoms with E-state index in [9.17, 15) is 4.79 Å². The maximum absolute atomic E-state index is 12.9. The number of benzene rings is 2. The standard InChI is InChI=1S/C23H26ClN5O2S/c1-17-4-5-19(14-21(17)24)29-16-25-26-23(29)32-15-22(30)28-11-3-10-27(12-13-28)18-6-8-20(31-2)9-7-18/h4-9,14,16H,3,10-13,15H2,1-2H3. The van der Waals surface area contributed by atoms with Gasteiger partial charge in [0.1, 0.15) is 12.1 Å². The second kappa shape index (κ2) is 10.3. The summed E-state index contributed by atoms with van der Waals surface area (Å²) in [5.41, 5.74) is 3.04. The average Bonchev–Trinajstić information content (AvgIpc) is 3.14. The van der Waals surface area contributed by atoms with E-state index in [1.54, 1.807) is 13.4 Å². The van der Waals surface area contributed by atoms with Gasteiger partial charge in [-0.25, -0.2) is 0 Å². The largest absolute Gasteiger partial charge is 0.497 e. The quantitative estimate of drug-likeness (QED) is 0.505. The first-order valence-corrected chi connectivity index (χ1v) is 11.9. The van der Waals surface area contributed by atoms with Gasteiger partial charge in [-0.3, -0.25) is 9.36 Å². The Morgan fingerprint density at radius 2 is 1.88 bits per heavy atom. The molecule has 1 amide bonds. The summed E-state index contributed by atoms with van der Waals surface area (Å²) in [5.74, 6) is 1.28. The van der Waals surface area contributed by atoms with Gasteiger partial charge in [0, 0.05) is 36.9 Å². The van der Waals surface area contributed by atoms with Gasteiger partial charge in [-0.2, -0.15) is 0 Å². The Balaban J connectivity index is 1.35.